The van der Waals surface area contributed by atoms with Gasteiger partial charge in [0, 0.05) is 6.54 Å². The molecule has 1 N–H and O–H groups in total. The highest BCUT2D eigenvalue weighted by molar-refractivity contribution is 5.96. The molecule has 0 radical (unpaired) electrons. The van der Waals surface area contributed by atoms with Gasteiger partial charge in [0.1, 0.15) is 5.75 Å². The normalized spacial score (nSPS) is 19.8. The van der Waals surface area contributed by atoms with Gasteiger partial charge < -0.3 is 10.1 Å². The third-order valence-electron chi connectivity index (χ3n) is 3.02. The number of amides is 1. The Morgan fingerprint density at radius 3 is 2.89 bits per heavy atom. The van der Waals surface area contributed by atoms with Crippen LogP contribution in [0.4, 0.5) is 0 Å². The average Bonchev–Trinajstić information content (AvgIpc) is 2.55. The summed E-state index contributed by atoms with van der Waals surface area (Å²) in [5, 5.41) is 2.81. The van der Waals surface area contributed by atoms with E-state index in [2.05, 4.69) is 5.32 Å². The molecule has 1 aromatic carbocycles. The van der Waals surface area contributed by atoms with Gasteiger partial charge in [0.25, 0.3) is 5.91 Å². The van der Waals surface area contributed by atoms with Gasteiger partial charge in [-0.3, -0.25) is 9.59 Å². The molecule has 1 saturated heterocycles. The molecule has 4 heteroatoms. The number of hydrogen-bond acceptors (Lipinski definition) is 3. The van der Waals surface area contributed by atoms with Gasteiger partial charge in [-0.2, -0.15) is 0 Å². The Morgan fingerprint density at radius 1 is 1.33 bits per heavy atom. The summed E-state index contributed by atoms with van der Waals surface area (Å²) in [4.78, 5) is 23.3. The van der Waals surface area contributed by atoms with Gasteiger partial charge >= 0.3 is 0 Å². The third kappa shape index (κ3) is 2.88. The molecule has 1 aromatic rings. The minimum absolute atomic E-state index is 0.0559. The molecule has 2 rings (SSSR count). The van der Waals surface area contributed by atoms with Crippen LogP contribution in [0.1, 0.15) is 36.5 Å². The lowest BCUT2D eigenvalue weighted by Crippen LogP contribution is -2.36. The summed E-state index contributed by atoms with van der Waals surface area (Å²) < 4.78 is 5.71. The second-order valence-electron chi connectivity index (χ2n) is 4.45. The molecule has 1 atom stereocenters. The van der Waals surface area contributed by atoms with Crippen molar-refractivity contribution < 1.29 is 14.3 Å². The highest BCUT2D eigenvalue weighted by atomic mass is 16.5. The fraction of sp³-hybridized carbons (Fsp3) is 0.429. The SMILES string of the molecule is CC(=O)c1ccccc1OC1CCCCNC1=O. The summed E-state index contributed by atoms with van der Waals surface area (Å²) >= 11 is 0. The number of carbonyl (C=O) groups is 2. The highest BCUT2D eigenvalue weighted by Crippen LogP contribution is 2.22. The first-order chi connectivity index (χ1) is 8.68. The largest absolute Gasteiger partial charge is 0.480 e. The molecule has 96 valence electrons. The summed E-state index contributed by atoms with van der Waals surface area (Å²) in [6.45, 7) is 2.20. The van der Waals surface area contributed by atoms with Gasteiger partial charge in [0.15, 0.2) is 11.9 Å². The Hall–Kier alpha value is -1.84. The van der Waals surface area contributed by atoms with E-state index in [1.54, 1.807) is 24.3 Å². The van der Waals surface area contributed by atoms with Crippen LogP contribution in [-0.4, -0.2) is 24.3 Å². The minimum atomic E-state index is -0.493. The van der Waals surface area contributed by atoms with Crippen LogP contribution in [0, 0.1) is 0 Å². The molecule has 18 heavy (non-hydrogen) atoms. The van der Waals surface area contributed by atoms with E-state index in [1.807, 2.05) is 0 Å². The maximum atomic E-state index is 11.8. The lowest BCUT2D eigenvalue weighted by atomic mass is 10.1. The summed E-state index contributed by atoms with van der Waals surface area (Å²) in [5.41, 5.74) is 0.523. The van der Waals surface area contributed by atoms with E-state index in [9.17, 15) is 9.59 Å². The zero-order valence-corrected chi connectivity index (χ0v) is 10.4. The molecule has 1 aliphatic heterocycles. The quantitative estimate of drug-likeness (QED) is 0.830. The maximum absolute atomic E-state index is 11.8. The topological polar surface area (TPSA) is 55.4 Å². The molecule has 0 aliphatic carbocycles. The molecule has 0 aromatic heterocycles. The second-order valence-corrected chi connectivity index (χ2v) is 4.45. The van der Waals surface area contributed by atoms with Crippen molar-refractivity contribution in [1.82, 2.24) is 5.32 Å². The second kappa shape index (κ2) is 5.67. The fourth-order valence-corrected chi connectivity index (χ4v) is 2.04. The van der Waals surface area contributed by atoms with E-state index in [0.29, 0.717) is 24.3 Å². The van der Waals surface area contributed by atoms with Crippen LogP contribution in [0.15, 0.2) is 24.3 Å². The molecule has 1 amide bonds. The molecular weight excluding hydrogens is 230 g/mol. The number of benzene rings is 1. The molecular formula is C14H17NO3. The molecule has 0 bridgehead atoms. The monoisotopic (exact) mass is 247 g/mol. The summed E-state index contributed by atoms with van der Waals surface area (Å²) in [5.74, 6) is 0.345. The number of rotatable bonds is 3. The highest BCUT2D eigenvalue weighted by Gasteiger charge is 2.23. The average molecular weight is 247 g/mol. The number of Topliss-reactive ketones (excluding diaryl/α,β-unsaturated/α-hetero) is 1. The van der Waals surface area contributed by atoms with Crippen molar-refractivity contribution in [3.05, 3.63) is 29.8 Å². The van der Waals surface area contributed by atoms with E-state index in [-0.39, 0.29) is 11.7 Å². The minimum Gasteiger partial charge on any atom is -0.480 e. The van der Waals surface area contributed by atoms with Gasteiger partial charge in [-0.15, -0.1) is 0 Å². The van der Waals surface area contributed by atoms with Gasteiger partial charge in [-0.05, 0) is 38.3 Å². The van der Waals surface area contributed by atoms with Crippen LogP contribution in [0.5, 0.6) is 5.75 Å². The number of ketones is 1. The predicted octanol–water partition coefficient (Wildman–Crippen LogP) is 1.94. The Kier molecular flexibility index (Phi) is 3.97. The molecule has 1 heterocycles. The summed E-state index contributed by atoms with van der Waals surface area (Å²) in [7, 11) is 0. The predicted molar refractivity (Wildman–Crippen MR) is 67.7 cm³/mol. The molecule has 0 saturated carbocycles. The van der Waals surface area contributed by atoms with Crippen LogP contribution < -0.4 is 10.1 Å². The maximum Gasteiger partial charge on any atom is 0.261 e. The third-order valence-corrected chi connectivity index (χ3v) is 3.02. The first-order valence-electron chi connectivity index (χ1n) is 6.23. The first kappa shape index (κ1) is 12.6. The summed E-state index contributed by atoms with van der Waals surface area (Å²) in [6.07, 6.45) is 2.12. The van der Waals surface area contributed by atoms with E-state index in [0.717, 1.165) is 12.8 Å². The van der Waals surface area contributed by atoms with Crippen LogP contribution >= 0.6 is 0 Å². The zero-order valence-electron chi connectivity index (χ0n) is 10.4. The molecule has 1 unspecified atom stereocenters. The van der Waals surface area contributed by atoms with Gasteiger partial charge in [0.05, 0.1) is 5.56 Å². The number of nitrogens with one attached hydrogen (secondary N) is 1. The summed E-state index contributed by atoms with van der Waals surface area (Å²) in [6, 6.07) is 7.04. The number of para-hydroxylation sites is 1. The number of ether oxygens (including phenoxy) is 1. The van der Waals surface area contributed by atoms with Crippen LogP contribution in [0.25, 0.3) is 0 Å². The Balaban J connectivity index is 2.17. The molecule has 1 aliphatic rings. The van der Waals surface area contributed by atoms with Gasteiger partial charge in [0.2, 0.25) is 0 Å². The molecule has 0 spiro atoms. The fourth-order valence-electron chi connectivity index (χ4n) is 2.04. The van der Waals surface area contributed by atoms with Crippen LogP contribution in [0.3, 0.4) is 0 Å². The Bertz CT molecular complexity index is 456. The Morgan fingerprint density at radius 2 is 2.11 bits per heavy atom. The van der Waals surface area contributed by atoms with Crippen molar-refractivity contribution >= 4 is 11.7 Å². The number of hydrogen-bond donors (Lipinski definition) is 1. The van der Waals surface area contributed by atoms with Crippen LogP contribution in [-0.2, 0) is 4.79 Å². The van der Waals surface area contributed by atoms with Crippen molar-refractivity contribution in [2.45, 2.75) is 32.3 Å². The first-order valence-corrected chi connectivity index (χ1v) is 6.23. The van der Waals surface area contributed by atoms with E-state index >= 15 is 0 Å². The van der Waals surface area contributed by atoms with Crippen molar-refractivity contribution in [1.29, 1.82) is 0 Å². The van der Waals surface area contributed by atoms with Crippen LogP contribution in [0.2, 0.25) is 0 Å². The number of carbonyl (C=O) groups excluding carboxylic acids is 2. The van der Waals surface area contributed by atoms with E-state index in [4.69, 9.17) is 4.74 Å². The van der Waals surface area contributed by atoms with E-state index in [1.165, 1.54) is 6.92 Å². The Labute approximate surface area is 106 Å². The lowest BCUT2D eigenvalue weighted by molar-refractivity contribution is -0.127. The van der Waals surface area contributed by atoms with Crippen molar-refractivity contribution in [2.24, 2.45) is 0 Å². The van der Waals surface area contributed by atoms with Crippen molar-refractivity contribution in [2.75, 3.05) is 6.54 Å². The zero-order chi connectivity index (χ0) is 13.0. The van der Waals surface area contributed by atoms with E-state index < -0.39 is 6.10 Å². The lowest BCUT2D eigenvalue weighted by Gasteiger charge is -2.17. The van der Waals surface area contributed by atoms with Crippen molar-refractivity contribution in [3.63, 3.8) is 0 Å². The standard InChI is InChI=1S/C14H17NO3/c1-10(16)11-6-2-3-7-12(11)18-13-8-4-5-9-15-14(13)17/h2-3,6-7,13H,4-5,8-9H2,1H3,(H,15,17). The smallest absolute Gasteiger partial charge is 0.261 e. The van der Waals surface area contributed by atoms with Gasteiger partial charge in [-0.25, -0.2) is 0 Å². The molecule has 1 fully saturated rings. The molecule has 4 nitrogen and oxygen atoms in total. The van der Waals surface area contributed by atoms with Crippen molar-refractivity contribution in [3.8, 4) is 5.75 Å². The van der Waals surface area contributed by atoms with Gasteiger partial charge in [-0.1, -0.05) is 12.1 Å².